The van der Waals surface area contributed by atoms with Crippen LogP contribution < -0.4 is 16.0 Å². The summed E-state index contributed by atoms with van der Waals surface area (Å²) < 4.78 is 0. The molecule has 0 saturated heterocycles. The normalized spacial score (nSPS) is 12.4. The van der Waals surface area contributed by atoms with Crippen molar-refractivity contribution in [2.45, 2.75) is 79.4 Å². The fourth-order valence-corrected chi connectivity index (χ4v) is 2.59. The van der Waals surface area contributed by atoms with Crippen LogP contribution in [0.15, 0.2) is 4.99 Å². The summed E-state index contributed by atoms with van der Waals surface area (Å²) in [4.78, 5) is 18.7. The molecule has 3 N–H and O–H groups in total. The summed E-state index contributed by atoms with van der Waals surface area (Å²) in [5.41, 5.74) is 0. The largest absolute Gasteiger partial charge is 0.357 e. The molecular formula is C18H39N5O. The first-order chi connectivity index (χ1) is 11.3. The Bertz CT molecular complexity index is 358. The topological polar surface area (TPSA) is 68.8 Å². The lowest BCUT2D eigenvalue weighted by Gasteiger charge is -2.30. The van der Waals surface area contributed by atoms with Crippen molar-refractivity contribution in [3.63, 3.8) is 0 Å². The van der Waals surface area contributed by atoms with E-state index in [-0.39, 0.29) is 11.9 Å². The maximum Gasteiger partial charge on any atom is 0.221 e. The van der Waals surface area contributed by atoms with Crippen LogP contribution in [0, 0.1) is 0 Å². The van der Waals surface area contributed by atoms with E-state index in [0.29, 0.717) is 25.0 Å². The van der Waals surface area contributed by atoms with E-state index in [2.05, 4.69) is 53.5 Å². The van der Waals surface area contributed by atoms with Gasteiger partial charge in [0.1, 0.15) is 0 Å². The number of hydrogen-bond donors (Lipinski definition) is 3. The monoisotopic (exact) mass is 341 g/mol. The Morgan fingerprint density at radius 2 is 1.67 bits per heavy atom. The van der Waals surface area contributed by atoms with Gasteiger partial charge in [-0.3, -0.25) is 14.7 Å². The molecule has 142 valence electrons. The number of nitrogens with one attached hydrogen (secondary N) is 3. The molecular weight excluding hydrogens is 302 g/mol. The lowest BCUT2D eigenvalue weighted by molar-refractivity contribution is -0.121. The van der Waals surface area contributed by atoms with Gasteiger partial charge in [-0.1, -0.05) is 0 Å². The van der Waals surface area contributed by atoms with E-state index in [1.54, 1.807) is 0 Å². The van der Waals surface area contributed by atoms with Crippen LogP contribution in [0.4, 0.5) is 0 Å². The van der Waals surface area contributed by atoms with Gasteiger partial charge in [0, 0.05) is 50.7 Å². The van der Waals surface area contributed by atoms with Gasteiger partial charge < -0.3 is 16.0 Å². The Labute approximate surface area is 148 Å². The van der Waals surface area contributed by atoms with Gasteiger partial charge in [-0.15, -0.1) is 0 Å². The molecule has 0 fully saturated rings. The van der Waals surface area contributed by atoms with Crippen LogP contribution in [-0.2, 0) is 4.79 Å². The number of hydrogen-bond acceptors (Lipinski definition) is 3. The van der Waals surface area contributed by atoms with E-state index in [9.17, 15) is 4.79 Å². The van der Waals surface area contributed by atoms with Crippen molar-refractivity contribution in [1.82, 2.24) is 20.9 Å². The Morgan fingerprint density at radius 1 is 1.04 bits per heavy atom. The molecule has 0 aliphatic carbocycles. The first-order valence-corrected chi connectivity index (χ1v) is 9.35. The molecule has 0 aliphatic heterocycles. The fraction of sp³-hybridized carbons (Fsp3) is 0.889. The molecule has 0 aromatic heterocycles. The summed E-state index contributed by atoms with van der Waals surface area (Å²) >= 11 is 0. The van der Waals surface area contributed by atoms with E-state index in [4.69, 9.17) is 0 Å². The predicted octanol–water partition coefficient (Wildman–Crippen LogP) is 1.97. The summed E-state index contributed by atoms with van der Waals surface area (Å²) in [5, 5.41) is 9.34. The van der Waals surface area contributed by atoms with E-state index in [1.165, 1.54) is 0 Å². The van der Waals surface area contributed by atoms with E-state index < -0.39 is 0 Å². The number of amides is 1. The maximum atomic E-state index is 11.6. The average molecular weight is 342 g/mol. The Balaban J connectivity index is 4.21. The smallest absolute Gasteiger partial charge is 0.221 e. The zero-order valence-corrected chi connectivity index (χ0v) is 16.8. The maximum absolute atomic E-state index is 11.6. The molecule has 6 heteroatoms. The second-order valence-electron chi connectivity index (χ2n) is 6.94. The molecule has 0 heterocycles. The highest BCUT2D eigenvalue weighted by Crippen LogP contribution is 2.05. The van der Waals surface area contributed by atoms with Gasteiger partial charge in [-0.2, -0.15) is 0 Å². The van der Waals surface area contributed by atoms with Gasteiger partial charge in [0.15, 0.2) is 5.96 Å². The molecule has 1 amide bonds. The summed E-state index contributed by atoms with van der Waals surface area (Å²) in [5.74, 6) is 0.855. The zero-order chi connectivity index (χ0) is 18.5. The SMILES string of the molecule is CCNC(=NCCCN(C(C)C)C(C)C)NCCC(=O)NC(C)C. The van der Waals surface area contributed by atoms with Gasteiger partial charge >= 0.3 is 0 Å². The third-order valence-electron chi connectivity index (χ3n) is 3.61. The quantitative estimate of drug-likeness (QED) is 0.305. The predicted molar refractivity (Wildman–Crippen MR) is 103 cm³/mol. The minimum atomic E-state index is 0.0675. The molecule has 0 rings (SSSR count). The average Bonchev–Trinajstić information content (AvgIpc) is 2.45. The second-order valence-corrected chi connectivity index (χ2v) is 6.94. The summed E-state index contributed by atoms with van der Waals surface area (Å²) in [7, 11) is 0. The third-order valence-corrected chi connectivity index (χ3v) is 3.61. The van der Waals surface area contributed by atoms with Crippen molar-refractivity contribution in [3.05, 3.63) is 0 Å². The molecule has 0 saturated carbocycles. The lowest BCUT2D eigenvalue weighted by Crippen LogP contribution is -2.40. The molecule has 0 aliphatic rings. The second kappa shape index (κ2) is 13.0. The van der Waals surface area contributed by atoms with Crippen LogP contribution in [0.3, 0.4) is 0 Å². The summed E-state index contributed by atoms with van der Waals surface area (Å²) in [6.07, 6.45) is 1.48. The Hall–Kier alpha value is -1.30. The van der Waals surface area contributed by atoms with Crippen LogP contribution >= 0.6 is 0 Å². The minimum Gasteiger partial charge on any atom is -0.357 e. The van der Waals surface area contributed by atoms with Gasteiger partial charge in [0.25, 0.3) is 0 Å². The highest BCUT2D eigenvalue weighted by atomic mass is 16.1. The van der Waals surface area contributed by atoms with Gasteiger partial charge in [-0.25, -0.2) is 0 Å². The molecule has 0 aromatic carbocycles. The number of guanidine groups is 1. The molecule has 0 atom stereocenters. The summed E-state index contributed by atoms with van der Waals surface area (Å²) in [6, 6.07) is 1.30. The van der Waals surface area contributed by atoms with E-state index in [1.807, 2.05) is 20.8 Å². The number of rotatable bonds is 11. The number of nitrogens with zero attached hydrogens (tertiary/aromatic N) is 2. The first kappa shape index (κ1) is 22.7. The number of carbonyl (C=O) groups excluding carboxylic acids is 1. The fourth-order valence-electron chi connectivity index (χ4n) is 2.59. The van der Waals surface area contributed by atoms with Crippen molar-refractivity contribution in [1.29, 1.82) is 0 Å². The molecule has 0 radical (unpaired) electrons. The van der Waals surface area contributed by atoms with Crippen LogP contribution in [-0.4, -0.2) is 61.1 Å². The molecule has 0 spiro atoms. The van der Waals surface area contributed by atoms with E-state index in [0.717, 1.165) is 32.0 Å². The Morgan fingerprint density at radius 3 is 2.17 bits per heavy atom. The van der Waals surface area contributed by atoms with Crippen molar-refractivity contribution in [2.24, 2.45) is 4.99 Å². The third kappa shape index (κ3) is 11.3. The van der Waals surface area contributed by atoms with Crippen molar-refractivity contribution in [2.75, 3.05) is 26.2 Å². The Kier molecular flexibility index (Phi) is 12.3. The van der Waals surface area contributed by atoms with Crippen molar-refractivity contribution < 1.29 is 4.79 Å². The number of aliphatic imine (C=N–C) groups is 1. The van der Waals surface area contributed by atoms with Crippen molar-refractivity contribution in [3.8, 4) is 0 Å². The van der Waals surface area contributed by atoms with Crippen LogP contribution in [0.25, 0.3) is 0 Å². The van der Waals surface area contributed by atoms with Gasteiger partial charge in [-0.05, 0) is 54.9 Å². The van der Waals surface area contributed by atoms with Gasteiger partial charge in [0.05, 0.1) is 0 Å². The lowest BCUT2D eigenvalue weighted by atomic mass is 10.2. The molecule has 0 bridgehead atoms. The highest BCUT2D eigenvalue weighted by molar-refractivity contribution is 5.81. The molecule has 24 heavy (non-hydrogen) atoms. The van der Waals surface area contributed by atoms with Crippen LogP contribution in [0.5, 0.6) is 0 Å². The molecule has 6 nitrogen and oxygen atoms in total. The van der Waals surface area contributed by atoms with Crippen LogP contribution in [0.1, 0.15) is 61.3 Å². The molecule has 0 unspecified atom stereocenters. The summed E-state index contributed by atoms with van der Waals surface area (Å²) in [6.45, 7) is 18.1. The number of carbonyl (C=O) groups is 1. The van der Waals surface area contributed by atoms with E-state index >= 15 is 0 Å². The minimum absolute atomic E-state index is 0.0675. The van der Waals surface area contributed by atoms with Gasteiger partial charge in [0.2, 0.25) is 5.91 Å². The van der Waals surface area contributed by atoms with Crippen LogP contribution in [0.2, 0.25) is 0 Å². The molecule has 0 aromatic rings. The highest BCUT2D eigenvalue weighted by Gasteiger charge is 2.12. The standard InChI is InChI=1S/C18H39N5O/c1-8-19-18(21-12-10-17(24)22-14(2)3)20-11-9-13-23(15(4)5)16(6)7/h14-16H,8-13H2,1-7H3,(H,22,24)(H2,19,20,21). The first-order valence-electron chi connectivity index (χ1n) is 9.35. The van der Waals surface area contributed by atoms with Crippen molar-refractivity contribution >= 4 is 11.9 Å². The zero-order valence-electron chi connectivity index (χ0n) is 16.8.